The van der Waals surface area contributed by atoms with Crippen LogP contribution in [-0.2, 0) is 6.42 Å². The molecule has 0 N–H and O–H groups in total. The Morgan fingerprint density at radius 2 is 1.86 bits per heavy atom. The Balaban J connectivity index is 2.13. The Hall–Kier alpha value is -1.80. The molecule has 3 heteroatoms. The topological polar surface area (TPSA) is 26.3 Å². The maximum atomic E-state index is 12.4. The molecule has 0 saturated carbocycles. The molecule has 0 amide bonds. The summed E-state index contributed by atoms with van der Waals surface area (Å²) in [6.45, 7) is 5.78. The number of carbonyl (C=O) groups is 1. The SMILES string of the molecule is CCc1ccc(C(=O)C(C)Oc2cc(Cl)ccc2C)cc1. The number of aryl methyl sites for hydroxylation is 2. The predicted molar refractivity (Wildman–Crippen MR) is 86.4 cm³/mol. The van der Waals surface area contributed by atoms with E-state index in [9.17, 15) is 4.79 Å². The van der Waals surface area contributed by atoms with E-state index in [2.05, 4.69) is 6.92 Å². The van der Waals surface area contributed by atoms with Crippen LogP contribution in [0.25, 0.3) is 0 Å². The molecule has 1 atom stereocenters. The minimum Gasteiger partial charge on any atom is -0.482 e. The average Bonchev–Trinajstić information content (AvgIpc) is 2.50. The third kappa shape index (κ3) is 3.85. The van der Waals surface area contributed by atoms with E-state index in [-0.39, 0.29) is 5.78 Å². The lowest BCUT2D eigenvalue weighted by atomic mass is 10.0. The smallest absolute Gasteiger partial charge is 0.202 e. The summed E-state index contributed by atoms with van der Waals surface area (Å²) >= 11 is 5.97. The highest BCUT2D eigenvalue weighted by Crippen LogP contribution is 2.24. The number of carbonyl (C=O) groups excluding carboxylic acids is 1. The molecule has 2 aromatic carbocycles. The molecular formula is C18H19ClO2. The van der Waals surface area contributed by atoms with Crippen LogP contribution in [0.4, 0.5) is 0 Å². The second-order valence-electron chi connectivity index (χ2n) is 5.08. The van der Waals surface area contributed by atoms with Gasteiger partial charge >= 0.3 is 0 Å². The summed E-state index contributed by atoms with van der Waals surface area (Å²) in [5.74, 6) is 0.616. The summed E-state index contributed by atoms with van der Waals surface area (Å²) in [6, 6.07) is 13.1. The number of Topliss-reactive ketones (excluding diaryl/α,β-unsaturated/α-hetero) is 1. The second-order valence-corrected chi connectivity index (χ2v) is 5.52. The van der Waals surface area contributed by atoms with Gasteiger partial charge in [-0.1, -0.05) is 48.9 Å². The number of benzene rings is 2. The minimum atomic E-state index is -0.547. The molecule has 0 heterocycles. The number of ketones is 1. The summed E-state index contributed by atoms with van der Waals surface area (Å²) < 4.78 is 5.76. The monoisotopic (exact) mass is 302 g/mol. The van der Waals surface area contributed by atoms with Crippen molar-refractivity contribution in [3.05, 3.63) is 64.2 Å². The number of ether oxygens (including phenoxy) is 1. The van der Waals surface area contributed by atoms with E-state index in [1.807, 2.05) is 37.3 Å². The fraction of sp³-hybridized carbons (Fsp3) is 0.278. The number of rotatable bonds is 5. The first kappa shape index (κ1) is 15.6. The van der Waals surface area contributed by atoms with Gasteiger partial charge in [-0.2, -0.15) is 0 Å². The highest BCUT2D eigenvalue weighted by molar-refractivity contribution is 6.30. The third-order valence-corrected chi connectivity index (χ3v) is 3.70. The quantitative estimate of drug-likeness (QED) is 0.737. The first-order valence-electron chi connectivity index (χ1n) is 7.07. The molecule has 0 aliphatic heterocycles. The lowest BCUT2D eigenvalue weighted by Crippen LogP contribution is -2.24. The maximum absolute atomic E-state index is 12.4. The molecule has 0 spiro atoms. The van der Waals surface area contributed by atoms with Gasteiger partial charge in [0.25, 0.3) is 0 Å². The van der Waals surface area contributed by atoms with Crippen molar-refractivity contribution in [2.75, 3.05) is 0 Å². The fourth-order valence-corrected chi connectivity index (χ4v) is 2.25. The van der Waals surface area contributed by atoms with Gasteiger partial charge in [0.05, 0.1) is 0 Å². The average molecular weight is 303 g/mol. The van der Waals surface area contributed by atoms with Gasteiger partial charge in [0, 0.05) is 10.6 Å². The molecule has 2 nitrogen and oxygen atoms in total. The Bertz CT molecular complexity index is 632. The van der Waals surface area contributed by atoms with Gasteiger partial charge in [-0.3, -0.25) is 4.79 Å². The van der Waals surface area contributed by atoms with Gasteiger partial charge in [-0.15, -0.1) is 0 Å². The number of hydrogen-bond donors (Lipinski definition) is 0. The molecule has 0 bridgehead atoms. The molecule has 0 radical (unpaired) electrons. The van der Waals surface area contributed by atoms with Crippen molar-refractivity contribution in [1.29, 1.82) is 0 Å². The molecule has 0 fully saturated rings. The van der Waals surface area contributed by atoms with E-state index in [1.54, 1.807) is 19.1 Å². The van der Waals surface area contributed by atoms with Gasteiger partial charge in [0.1, 0.15) is 5.75 Å². The van der Waals surface area contributed by atoms with Crippen LogP contribution in [0.2, 0.25) is 5.02 Å². The van der Waals surface area contributed by atoms with Crippen LogP contribution in [0.5, 0.6) is 5.75 Å². The Morgan fingerprint density at radius 1 is 1.19 bits per heavy atom. The van der Waals surface area contributed by atoms with Crippen molar-refractivity contribution >= 4 is 17.4 Å². The zero-order valence-corrected chi connectivity index (χ0v) is 13.3. The van der Waals surface area contributed by atoms with Gasteiger partial charge in [0.2, 0.25) is 5.78 Å². The Kier molecular flexibility index (Phi) is 5.03. The lowest BCUT2D eigenvalue weighted by Gasteiger charge is -2.16. The fourth-order valence-electron chi connectivity index (χ4n) is 2.08. The minimum absolute atomic E-state index is 0.0305. The molecule has 0 aliphatic carbocycles. The molecule has 110 valence electrons. The normalized spacial score (nSPS) is 12.0. The summed E-state index contributed by atoms with van der Waals surface area (Å²) in [7, 11) is 0. The van der Waals surface area contributed by atoms with Crippen LogP contribution < -0.4 is 4.74 Å². The van der Waals surface area contributed by atoms with E-state index >= 15 is 0 Å². The third-order valence-electron chi connectivity index (χ3n) is 3.47. The highest BCUT2D eigenvalue weighted by atomic mass is 35.5. The molecule has 2 aromatic rings. The van der Waals surface area contributed by atoms with Crippen molar-refractivity contribution in [2.45, 2.75) is 33.3 Å². The molecule has 2 rings (SSSR count). The van der Waals surface area contributed by atoms with E-state index in [4.69, 9.17) is 16.3 Å². The van der Waals surface area contributed by atoms with Crippen LogP contribution >= 0.6 is 11.6 Å². The van der Waals surface area contributed by atoms with Crippen molar-refractivity contribution in [1.82, 2.24) is 0 Å². The first-order chi connectivity index (χ1) is 10.0. The van der Waals surface area contributed by atoms with Crippen LogP contribution in [0.3, 0.4) is 0 Å². The van der Waals surface area contributed by atoms with Gasteiger partial charge in [-0.05, 0) is 43.5 Å². The maximum Gasteiger partial charge on any atom is 0.202 e. The molecule has 0 saturated heterocycles. The van der Waals surface area contributed by atoms with Gasteiger partial charge in [-0.25, -0.2) is 0 Å². The zero-order valence-electron chi connectivity index (χ0n) is 12.5. The van der Waals surface area contributed by atoms with Crippen molar-refractivity contribution in [3.63, 3.8) is 0 Å². The predicted octanol–water partition coefficient (Wildman–Crippen LogP) is 4.86. The largest absolute Gasteiger partial charge is 0.482 e. The lowest BCUT2D eigenvalue weighted by molar-refractivity contribution is 0.0817. The van der Waals surface area contributed by atoms with Crippen LogP contribution in [0, 0.1) is 6.92 Å². The van der Waals surface area contributed by atoms with E-state index in [0.717, 1.165) is 12.0 Å². The molecule has 0 aromatic heterocycles. The molecular weight excluding hydrogens is 284 g/mol. The van der Waals surface area contributed by atoms with E-state index < -0.39 is 6.10 Å². The Labute approximate surface area is 130 Å². The van der Waals surface area contributed by atoms with Crippen LogP contribution in [0.15, 0.2) is 42.5 Å². The van der Waals surface area contributed by atoms with E-state index in [1.165, 1.54) is 5.56 Å². The van der Waals surface area contributed by atoms with Gasteiger partial charge < -0.3 is 4.74 Å². The zero-order chi connectivity index (χ0) is 15.4. The molecule has 21 heavy (non-hydrogen) atoms. The van der Waals surface area contributed by atoms with Crippen molar-refractivity contribution in [3.8, 4) is 5.75 Å². The summed E-state index contributed by atoms with van der Waals surface area (Å²) in [5.41, 5.74) is 2.84. The summed E-state index contributed by atoms with van der Waals surface area (Å²) in [4.78, 5) is 12.4. The van der Waals surface area contributed by atoms with Crippen molar-refractivity contribution in [2.24, 2.45) is 0 Å². The summed E-state index contributed by atoms with van der Waals surface area (Å²) in [6.07, 6.45) is 0.414. The molecule has 1 unspecified atom stereocenters. The standard InChI is InChI=1S/C18H19ClO2/c1-4-14-6-8-15(9-7-14)18(20)13(3)21-17-11-16(19)10-5-12(17)2/h5-11,13H,4H2,1-3H3. The second kappa shape index (κ2) is 6.77. The van der Waals surface area contributed by atoms with Crippen LogP contribution in [0.1, 0.15) is 35.3 Å². The van der Waals surface area contributed by atoms with E-state index in [0.29, 0.717) is 16.3 Å². The summed E-state index contributed by atoms with van der Waals surface area (Å²) in [5, 5.41) is 0.600. The Morgan fingerprint density at radius 3 is 2.48 bits per heavy atom. The van der Waals surface area contributed by atoms with Crippen molar-refractivity contribution < 1.29 is 9.53 Å². The number of hydrogen-bond acceptors (Lipinski definition) is 2. The molecule has 0 aliphatic rings. The highest BCUT2D eigenvalue weighted by Gasteiger charge is 2.17. The van der Waals surface area contributed by atoms with Gasteiger partial charge in [0.15, 0.2) is 6.10 Å². The number of halogens is 1. The first-order valence-corrected chi connectivity index (χ1v) is 7.45. The van der Waals surface area contributed by atoms with Crippen LogP contribution in [-0.4, -0.2) is 11.9 Å².